The monoisotopic (exact) mass is 425 g/mol. The van der Waals surface area contributed by atoms with Crippen LogP contribution in [0.15, 0.2) is 54.6 Å². The molecule has 0 aromatic heterocycles. The highest BCUT2D eigenvalue weighted by atomic mass is 16.5. The lowest BCUT2D eigenvalue weighted by Crippen LogP contribution is -2.30. The molecule has 1 aliphatic heterocycles. The fourth-order valence-corrected chi connectivity index (χ4v) is 3.47. The SMILES string of the molecule is O=C1c2ccccc2C(=O)N1CCCCCCOCCOCCOCc1ccccc1. The molecular formula is C25H31NO5. The first-order chi connectivity index (χ1) is 15.3. The first-order valence-electron chi connectivity index (χ1n) is 11.0. The van der Waals surface area contributed by atoms with E-state index in [1.807, 2.05) is 30.3 Å². The number of rotatable bonds is 15. The zero-order chi connectivity index (χ0) is 21.7. The number of imide groups is 1. The molecule has 1 heterocycles. The maximum Gasteiger partial charge on any atom is 0.261 e. The normalized spacial score (nSPS) is 13.1. The molecule has 6 heteroatoms. The molecule has 2 aromatic rings. The number of amides is 2. The van der Waals surface area contributed by atoms with E-state index >= 15 is 0 Å². The lowest BCUT2D eigenvalue weighted by molar-refractivity contribution is 0.0100. The van der Waals surface area contributed by atoms with Crippen LogP contribution < -0.4 is 0 Å². The van der Waals surface area contributed by atoms with Gasteiger partial charge in [-0.3, -0.25) is 14.5 Å². The molecule has 0 fully saturated rings. The Bertz CT molecular complexity index is 789. The van der Waals surface area contributed by atoms with Crippen molar-refractivity contribution in [2.24, 2.45) is 0 Å². The van der Waals surface area contributed by atoms with Crippen molar-refractivity contribution < 1.29 is 23.8 Å². The van der Waals surface area contributed by atoms with Gasteiger partial charge in [-0.2, -0.15) is 0 Å². The highest BCUT2D eigenvalue weighted by Crippen LogP contribution is 2.22. The fraction of sp³-hybridized carbons (Fsp3) is 0.440. The maximum absolute atomic E-state index is 12.3. The van der Waals surface area contributed by atoms with Crippen LogP contribution in [0.3, 0.4) is 0 Å². The lowest BCUT2D eigenvalue weighted by Gasteiger charge is -2.13. The summed E-state index contributed by atoms with van der Waals surface area (Å²) in [7, 11) is 0. The Kier molecular flexibility index (Phi) is 9.70. The number of fused-ring (bicyclic) bond motifs is 1. The number of hydrogen-bond donors (Lipinski definition) is 0. The minimum absolute atomic E-state index is 0.172. The van der Waals surface area contributed by atoms with Crippen LogP contribution in [-0.2, 0) is 20.8 Å². The minimum atomic E-state index is -0.172. The number of nitrogens with zero attached hydrogens (tertiary/aromatic N) is 1. The van der Waals surface area contributed by atoms with Crippen molar-refractivity contribution in [3.8, 4) is 0 Å². The van der Waals surface area contributed by atoms with Crippen LogP contribution in [0.2, 0.25) is 0 Å². The fourth-order valence-electron chi connectivity index (χ4n) is 3.47. The predicted octanol–water partition coefficient (Wildman–Crippen LogP) is 4.09. The van der Waals surface area contributed by atoms with Crippen LogP contribution in [0.1, 0.15) is 52.0 Å². The molecule has 0 saturated carbocycles. The van der Waals surface area contributed by atoms with Gasteiger partial charge in [0.1, 0.15) is 0 Å². The van der Waals surface area contributed by atoms with Crippen LogP contribution in [0.5, 0.6) is 0 Å². The predicted molar refractivity (Wildman–Crippen MR) is 118 cm³/mol. The van der Waals surface area contributed by atoms with Gasteiger partial charge in [0, 0.05) is 13.2 Å². The first kappa shape index (κ1) is 23.1. The first-order valence-corrected chi connectivity index (χ1v) is 11.0. The van der Waals surface area contributed by atoms with Gasteiger partial charge in [-0.25, -0.2) is 0 Å². The Morgan fingerprint density at radius 1 is 0.581 bits per heavy atom. The molecule has 166 valence electrons. The second-order valence-electron chi connectivity index (χ2n) is 7.48. The molecule has 0 atom stereocenters. The summed E-state index contributed by atoms with van der Waals surface area (Å²) in [5, 5.41) is 0. The van der Waals surface area contributed by atoms with E-state index in [4.69, 9.17) is 14.2 Å². The molecule has 0 N–H and O–H groups in total. The van der Waals surface area contributed by atoms with E-state index in [9.17, 15) is 9.59 Å². The minimum Gasteiger partial charge on any atom is -0.379 e. The van der Waals surface area contributed by atoms with Crippen LogP contribution in [0, 0.1) is 0 Å². The van der Waals surface area contributed by atoms with Gasteiger partial charge in [0.15, 0.2) is 0 Å². The Morgan fingerprint density at radius 3 is 1.81 bits per heavy atom. The van der Waals surface area contributed by atoms with Crippen LogP contribution in [-0.4, -0.2) is 56.3 Å². The Balaban J connectivity index is 1.11. The molecule has 0 aliphatic carbocycles. The van der Waals surface area contributed by atoms with Crippen molar-refractivity contribution in [2.75, 3.05) is 39.6 Å². The second kappa shape index (κ2) is 13.0. The summed E-state index contributed by atoms with van der Waals surface area (Å²) in [5.74, 6) is -0.344. The summed E-state index contributed by atoms with van der Waals surface area (Å²) in [6.45, 7) is 4.06. The Morgan fingerprint density at radius 2 is 1.13 bits per heavy atom. The van der Waals surface area contributed by atoms with E-state index in [2.05, 4.69) is 0 Å². The van der Waals surface area contributed by atoms with E-state index in [0.717, 1.165) is 31.2 Å². The van der Waals surface area contributed by atoms with Gasteiger partial charge in [-0.15, -0.1) is 0 Å². The average molecular weight is 426 g/mol. The molecule has 0 unspecified atom stereocenters. The smallest absolute Gasteiger partial charge is 0.261 e. The molecule has 1 aliphatic rings. The van der Waals surface area contributed by atoms with Gasteiger partial charge in [0.2, 0.25) is 0 Å². The molecule has 0 bridgehead atoms. The van der Waals surface area contributed by atoms with E-state index < -0.39 is 0 Å². The van der Waals surface area contributed by atoms with Crippen molar-refractivity contribution in [3.05, 3.63) is 71.3 Å². The van der Waals surface area contributed by atoms with Crippen LogP contribution in [0.25, 0.3) is 0 Å². The third-order valence-electron chi connectivity index (χ3n) is 5.15. The molecule has 0 saturated heterocycles. The standard InChI is InChI=1S/C25H31NO5/c27-24-22-12-6-7-13-23(22)25(28)26(24)14-8-1-2-9-15-29-16-17-30-18-19-31-20-21-10-4-3-5-11-21/h3-7,10-13H,1-2,8-9,14-20H2. The molecule has 2 amide bonds. The molecule has 31 heavy (non-hydrogen) atoms. The number of benzene rings is 2. The van der Waals surface area contributed by atoms with Gasteiger partial charge >= 0.3 is 0 Å². The van der Waals surface area contributed by atoms with E-state index in [0.29, 0.717) is 57.3 Å². The van der Waals surface area contributed by atoms with Gasteiger partial charge < -0.3 is 14.2 Å². The summed E-state index contributed by atoms with van der Waals surface area (Å²) in [6.07, 6.45) is 3.75. The third-order valence-corrected chi connectivity index (χ3v) is 5.15. The third kappa shape index (κ3) is 7.28. The summed E-state index contributed by atoms with van der Waals surface area (Å²) >= 11 is 0. The van der Waals surface area contributed by atoms with Gasteiger partial charge in [0.25, 0.3) is 11.8 Å². The maximum atomic E-state index is 12.3. The summed E-state index contributed by atoms with van der Waals surface area (Å²) in [5.41, 5.74) is 2.20. The van der Waals surface area contributed by atoms with Crippen molar-refractivity contribution >= 4 is 11.8 Å². The second-order valence-corrected chi connectivity index (χ2v) is 7.48. The number of carbonyl (C=O) groups is 2. The van der Waals surface area contributed by atoms with Gasteiger partial charge in [0.05, 0.1) is 44.2 Å². The van der Waals surface area contributed by atoms with Crippen molar-refractivity contribution in [2.45, 2.75) is 32.3 Å². The average Bonchev–Trinajstić information content (AvgIpc) is 3.05. The topological polar surface area (TPSA) is 65.1 Å². The number of unbranched alkanes of at least 4 members (excludes halogenated alkanes) is 3. The number of carbonyl (C=O) groups excluding carboxylic acids is 2. The van der Waals surface area contributed by atoms with Gasteiger partial charge in [-0.1, -0.05) is 55.3 Å². The van der Waals surface area contributed by atoms with E-state index in [1.54, 1.807) is 24.3 Å². The molecule has 3 rings (SSSR count). The summed E-state index contributed by atoms with van der Waals surface area (Å²) in [6, 6.07) is 17.1. The molecule has 6 nitrogen and oxygen atoms in total. The molecule has 0 spiro atoms. The van der Waals surface area contributed by atoms with Crippen LogP contribution >= 0.6 is 0 Å². The zero-order valence-corrected chi connectivity index (χ0v) is 18.0. The highest BCUT2D eigenvalue weighted by molar-refractivity contribution is 6.21. The van der Waals surface area contributed by atoms with E-state index in [1.165, 1.54) is 4.90 Å². The molecule has 2 aromatic carbocycles. The van der Waals surface area contributed by atoms with Crippen molar-refractivity contribution in [1.82, 2.24) is 4.90 Å². The Labute approximate surface area is 184 Å². The van der Waals surface area contributed by atoms with E-state index in [-0.39, 0.29) is 11.8 Å². The van der Waals surface area contributed by atoms with Crippen LogP contribution in [0.4, 0.5) is 0 Å². The quantitative estimate of drug-likeness (QED) is 0.318. The number of hydrogen-bond acceptors (Lipinski definition) is 5. The summed E-state index contributed by atoms with van der Waals surface area (Å²) < 4.78 is 16.6. The Hall–Kier alpha value is -2.54. The molecular weight excluding hydrogens is 394 g/mol. The number of ether oxygens (including phenoxy) is 3. The zero-order valence-electron chi connectivity index (χ0n) is 18.0. The summed E-state index contributed by atoms with van der Waals surface area (Å²) in [4.78, 5) is 25.9. The van der Waals surface area contributed by atoms with Gasteiger partial charge in [-0.05, 0) is 30.5 Å². The lowest BCUT2D eigenvalue weighted by atomic mass is 10.1. The largest absolute Gasteiger partial charge is 0.379 e. The van der Waals surface area contributed by atoms with Crippen molar-refractivity contribution in [3.63, 3.8) is 0 Å². The highest BCUT2D eigenvalue weighted by Gasteiger charge is 2.34. The van der Waals surface area contributed by atoms with Crippen molar-refractivity contribution in [1.29, 1.82) is 0 Å². The molecule has 0 radical (unpaired) electrons.